The van der Waals surface area contributed by atoms with E-state index >= 15 is 0 Å². The fraction of sp³-hybridized carbons (Fsp3) is 0.294. The molecule has 0 radical (unpaired) electrons. The average Bonchev–Trinajstić information content (AvgIpc) is 2.55. The van der Waals surface area contributed by atoms with Gasteiger partial charge in [-0.25, -0.2) is 4.98 Å². The van der Waals surface area contributed by atoms with E-state index in [1.807, 2.05) is 6.92 Å². The van der Waals surface area contributed by atoms with Gasteiger partial charge in [0.1, 0.15) is 5.82 Å². The van der Waals surface area contributed by atoms with Gasteiger partial charge in [-0.2, -0.15) is 13.2 Å². The van der Waals surface area contributed by atoms with Crippen LogP contribution in [0.5, 0.6) is 0 Å². The topological polar surface area (TPSA) is 54.0 Å². The molecule has 2 rings (SSSR count). The zero-order valence-electron chi connectivity index (χ0n) is 13.2. The third-order valence-electron chi connectivity index (χ3n) is 3.32. The van der Waals surface area contributed by atoms with E-state index in [4.69, 9.17) is 0 Å². The smallest absolute Gasteiger partial charge is 0.352 e. The Bertz CT molecular complexity index is 684. The maximum absolute atomic E-state index is 12.5. The second kappa shape index (κ2) is 7.81. The van der Waals surface area contributed by atoms with E-state index in [0.29, 0.717) is 23.6 Å². The van der Waals surface area contributed by atoms with Crippen LogP contribution >= 0.6 is 0 Å². The lowest BCUT2D eigenvalue weighted by molar-refractivity contribution is -0.137. The molecule has 0 aliphatic rings. The molecule has 0 spiro atoms. The van der Waals surface area contributed by atoms with Gasteiger partial charge in [-0.1, -0.05) is 13.3 Å². The second-order valence-electron chi connectivity index (χ2n) is 5.24. The highest BCUT2D eigenvalue weighted by Crippen LogP contribution is 2.30. The third-order valence-corrected chi connectivity index (χ3v) is 3.32. The maximum Gasteiger partial charge on any atom is 0.416 e. The number of aromatic nitrogens is 1. The Labute approximate surface area is 138 Å². The van der Waals surface area contributed by atoms with Gasteiger partial charge >= 0.3 is 6.18 Å². The molecule has 0 atom stereocenters. The van der Waals surface area contributed by atoms with E-state index in [1.165, 1.54) is 18.3 Å². The minimum Gasteiger partial charge on any atom is -0.352 e. The zero-order valence-corrected chi connectivity index (χ0v) is 13.2. The first-order valence-corrected chi connectivity index (χ1v) is 7.58. The van der Waals surface area contributed by atoms with Crippen LogP contribution in [0.1, 0.15) is 35.7 Å². The number of nitrogens with one attached hydrogen (secondary N) is 2. The number of hydrogen-bond acceptors (Lipinski definition) is 3. The Morgan fingerprint density at radius 2 is 1.88 bits per heavy atom. The summed E-state index contributed by atoms with van der Waals surface area (Å²) < 4.78 is 37.6. The number of anilines is 2. The molecule has 0 bridgehead atoms. The van der Waals surface area contributed by atoms with Crippen molar-refractivity contribution in [1.82, 2.24) is 10.3 Å². The largest absolute Gasteiger partial charge is 0.416 e. The van der Waals surface area contributed by atoms with Crippen LogP contribution in [0.3, 0.4) is 0 Å². The number of unbranched alkanes of at least 4 members (excludes halogenated alkanes) is 1. The number of amides is 1. The SMILES string of the molecule is CCCCNC(=O)c1ccnc(Nc2ccc(C(F)(F)F)cc2)c1. The van der Waals surface area contributed by atoms with E-state index in [1.54, 1.807) is 12.1 Å². The van der Waals surface area contributed by atoms with E-state index in [2.05, 4.69) is 15.6 Å². The normalized spacial score (nSPS) is 11.2. The Hall–Kier alpha value is -2.57. The van der Waals surface area contributed by atoms with E-state index in [0.717, 1.165) is 25.0 Å². The Kier molecular flexibility index (Phi) is 5.78. The first kappa shape index (κ1) is 17.8. The summed E-state index contributed by atoms with van der Waals surface area (Å²) in [6.45, 7) is 2.63. The molecule has 0 aliphatic carbocycles. The van der Waals surface area contributed by atoms with Crippen molar-refractivity contribution in [3.8, 4) is 0 Å². The molecule has 4 nitrogen and oxygen atoms in total. The molecule has 1 heterocycles. The van der Waals surface area contributed by atoms with Gasteiger partial charge in [0.25, 0.3) is 5.91 Å². The number of nitrogens with zero attached hydrogens (tertiary/aromatic N) is 1. The molecule has 2 aromatic rings. The highest BCUT2D eigenvalue weighted by Gasteiger charge is 2.29. The summed E-state index contributed by atoms with van der Waals surface area (Å²) in [7, 11) is 0. The number of pyridine rings is 1. The van der Waals surface area contributed by atoms with Crippen LogP contribution in [-0.4, -0.2) is 17.4 Å². The molecule has 24 heavy (non-hydrogen) atoms. The van der Waals surface area contributed by atoms with E-state index < -0.39 is 11.7 Å². The molecule has 0 saturated carbocycles. The quantitative estimate of drug-likeness (QED) is 0.770. The number of hydrogen-bond donors (Lipinski definition) is 2. The fourth-order valence-electron chi connectivity index (χ4n) is 2.01. The Morgan fingerprint density at radius 1 is 1.17 bits per heavy atom. The molecule has 2 N–H and O–H groups in total. The van der Waals surface area contributed by atoms with Crippen molar-refractivity contribution in [1.29, 1.82) is 0 Å². The first-order chi connectivity index (χ1) is 11.4. The molecule has 128 valence electrons. The van der Waals surface area contributed by atoms with Crippen molar-refractivity contribution in [2.75, 3.05) is 11.9 Å². The van der Waals surface area contributed by atoms with Gasteiger partial charge < -0.3 is 10.6 Å². The van der Waals surface area contributed by atoms with Crippen molar-refractivity contribution >= 4 is 17.4 Å². The van der Waals surface area contributed by atoms with Gasteiger partial charge in [0.2, 0.25) is 0 Å². The number of carbonyl (C=O) groups excluding carboxylic acids is 1. The van der Waals surface area contributed by atoms with Crippen LogP contribution < -0.4 is 10.6 Å². The standard InChI is InChI=1S/C17H18F3N3O/c1-2-3-9-22-16(24)12-8-10-21-15(11-12)23-14-6-4-13(5-7-14)17(18,19)20/h4-8,10-11H,2-3,9H2,1H3,(H,21,23)(H,22,24). The Balaban J connectivity index is 2.05. The summed E-state index contributed by atoms with van der Waals surface area (Å²) in [6.07, 6.45) is -1.01. The molecule has 0 fully saturated rings. The van der Waals surface area contributed by atoms with Gasteiger partial charge in [-0.05, 0) is 42.8 Å². The predicted molar refractivity (Wildman–Crippen MR) is 86.2 cm³/mol. The van der Waals surface area contributed by atoms with Gasteiger partial charge in [-0.15, -0.1) is 0 Å². The highest BCUT2D eigenvalue weighted by molar-refractivity contribution is 5.94. The van der Waals surface area contributed by atoms with Crippen LogP contribution in [0, 0.1) is 0 Å². The molecular weight excluding hydrogens is 319 g/mol. The second-order valence-corrected chi connectivity index (χ2v) is 5.24. The number of rotatable bonds is 6. The minimum absolute atomic E-state index is 0.207. The molecule has 0 unspecified atom stereocenters. The van der Waals surface area contributed by atoms with Crippen LogP contribution in [0.4, 0.5) is 24.7 Å². The average molecular weight is 337 g/mol. The van der Waals surface area contributed by atoms with Crippen molar-refractivity contribution in [3.05, 3.63) is 53.7 Å². The molecule has 1 aromatic heterocycles. The number of benzene rings is 1. The van der Waals surface area contributed by atoms with Crippen LogP contribution in [0.15, 0.2) is 42.6 Å². The summed E-state index contributed by atoms with van der Waals surface area (Å²) in [5.74, 6) is 0.180. The monoisotopic (exact) mass is 337 g/mol. The van der Waals surface area contributed by atoms with Crippen molar-refractivity contribution in [2.45, 2.75) is 25.9 Å². The van der Waals surface area contributed by atoms with Crippen LogP contribution in [0.2, 0.25) is 0 Å². The predicted octanol–water partition coefficient (Wildman–Crippen LogP) is 4.37. The van der Waals surface area contributed by atoms with Crippen molar-refractivity contribution in [2.24, 2.45) is 0 Å². The number of carbonyl (C=O) groups is 1. The van der Waals surface area contributed by atoms with Crippen molar-refractivity contribution in [3.63, 3.8) is 0 Å². The number of alkyl halides is 3. The number of halogens is 3. The summed E-state index contributed by atoms with van der Waals surface area (Å²) in [6, 6.07) is 7.75. The van der Waals surface area contributed by atoms with Crippen LogP contribution in [-0.2, 0) is 6.18 Å². The Morgan fingerprint density at radius 3 is 2.50 bits per heavy atom. The van der Waals surface area contributed by atoms with Gasteiger partial charge in [0.15, 0.2) is 0 Å². The fourth-order valence-corrected chi connectivity index (χ4v) is 2.01. The summed E-state index contributed by atoms with van der Waals surface area (Å²) in [5.41, 5.74) is 0.180. The highest BCUT2D eigenvalue weighted by atomic mass is 19.4. The lowest BCUT2D eigenvalue weighted by atomic mass is 10.2. The summed E-state index contributed by atoms with van der Waals surface area (Å²) in [4.78, 5) is 16.1. The lowest BCUT2D eigenvalue weighted by Crippen LogP contribution is -2.24. The molecule has 1 aromatic carbocycles. The van der Waals surface area contributed by atoms with E-state index in [9.17, 15) is 18.0 Å². The molecular formula is C17H18F3N3O. The molecule has 1 amide bonds. The zero-order chi connectivity index (χ0) is 17.6. The molecule has 0 saturated heterocycles. The molecule has 7 heteroatoms. The maximum atomic E-state index is 12.5. The van der Waals surface area contributed by atoms with Crippen molar-refractivity contribution < 1.29 is 18.0 Å². The summed E-state index contributed by atoms with van der Waals surface area (Å²) >= 11 is 0. The van der Waals surface area contributed by atoms with Gasteiger partial charge in [-0.3, -0.25) is 4.79 Å². The third kappa shape index (κ3) is 4.97. The van der Waals surface area contributed by atoms with E-state index in [-0.39, 0.29) is 5.91 Å². The van der Waals surface area contributed by atoms with Crippen LogP contribution in [0.25, 0.3) is 0 Å². The van der Waals surface area contributed by atoms with Gasteiger partial charge in [0, 0.05) is 24.0 Å². The minimum atomic E-state index is -4.37. The molecule has 0 aliphatic heterocycles. The lowest BCUT2D eigenvalue weighted by Gasteiger charge is -2.10. The first-order valence-electron chi connectivity index (χ1n) is 7.58. The van der Waals surface area contributed by atoms with Gasteiger partial charge in [0.05, 0.1) is 5.56 Å². The summed E-state index contributed by atoms with van der Waals surface area (Å²) in [5, 5.41) is 5.68.